The number of aromatic nitrogens is 1. The molecule has 1 heterocycles. The zero-order chi connectivity index (χ0) is 14.0. The molecule has 0 spiro atoms. The van der Waals surface area contributed by atoms with Gasteiger partial charge in [-0.15, -0.1) is 0 Å². The van der Waals surface area contributed by atoms with Crippen LogP contribution in [0.25, 0.3) is 11.3 Å². The van der Waals surface area contributed by atoms with E-state index in [-0.39, 0.29) is 5.88 Å². The van der Waals surface area contributed by atoms with Gasteiger partial charge in [-0.05, 0) is 19.1 Å². The third-order valence-electron chi connectivity index (χ3n) is 2.92. The number of anilines is 1. The summed E-state index contributed by atoms with van der Waals surface area (Å²) in [4.78, 5) is 0. The summed E-state index contributed by atoms with van der Waals surface area (Å²) >= 11 is 0. The van der Waals surface area contributed by atoms with Gasteiger partial charge in [0.25, 0.3) is 0 Å². The predicted molar refractivity (Wildman–Crippen MR) is 70.7 cm³/mol. The molecule has 2 rings (SSSR count). The second kappa shape index (κ2) is 5.09. The predicted octanol–water partition coefficient (Wildman–Crippen LogP) is 2.26. The Morgan fingerprint density at radius 2 is 1.74 bits per heavy atom. The monoisotopic (exact) mass is 264 g/mol. The summed E-state index contributed by atoms with van der Waals surface area (Å²) in [5.41, 5.74) is 7.78. The molecule has 6 nitrogen and oxygen atoms in total. The van der Waals surface area contributed by atoms with E-state index in [1.165, 1.54) is 0 Å². The van der Waals surface area contributed by atoms with Crippen molar-refractivity contribution in [2.24, 2.45) is 0 Å². The largest absolute Gasteiger partial charge is 0.493 e. The molecule has 0 bridgehead atoms. The Balaban J connectivity index is 2.67. The van der Waals surface area contributed by atoms with Crippen LogP contribution in [-0.4, -0.2) is 26.5 Å². The SMILES string of the molecule is COc1ccc(-c2noc(N)c2C)c(OC)c1OC. The molecule has 0 radical (unpaired) electrons. The second-order valence-electron chi connectivity index (χ2n) is 3.90. The molecule has 0 saturated heterocycles. The van der Waals surface area contributed by atoms with Gasteiger partial charge in [-0.25, -0.2) is 0 Å². The van der Waals surface area contributed by atoms with Crippen molar-refractivity contribution in [3.63, 3.8) is 0 Å². The lowest BCUT2D eigenvalue weighted by Crippen LogP contribution is -1.97. The topological polar surface area (TPSA) is 79.7 Å². The fraction of sp³-hybridized carbons (Fsp3) is 0.308. The second-order valence-corrected chi connectivity index (χ2v) is 3.90. The van der Waals surface area contributed by atoms with Crippen LogP contribution < -0.4 is 19.9 Å². The Hall–Kier alpha value is -2.37. The van der Waals surface area contributed by atoms with Crippen LogP contribution in [0.1, 0.15) is 5.56 Å². The summed E-state index contributed by atoms with van der Waals surface area (Å²) in [6, 6.07) is 3.60. The van der Waals surface area contributed by atoms with Crippen molar-refractivity contribution >= 4 is 5.88 Å². The minimum absolute atomic E-state index is 0.284. The van der Waals surface area contributed by atoms with E-state index in [9.17, 15) is 0 Å². The van der Waals surface area contributed by atoms with Gasteiger partial charge in [-0.3, -0.25) is 0 Å². The third kappa shape index (κ3) is 2.05. The number of hydrogen-bond acceptors (Lipinski definition) is 6. The molecule has 6 heteroatoms. The van der Waals surface area contributed by atoms with Gasteiger partial charge in [-0.1, -0.05) is 5.16 Å². The van der Waals surface area contributed by atoms with Gasteiger partial charge in [0.1, 0.15) is 5.69 Å². The van der Waals surface area contributed by atoms with E-state index >= 15 is 0 Å². The van der Waals surface area contributed by atoms with Crippen molar-refractivity contribution in [1.29, 1.82) is 0 Å². The Labute approximate surface area is 111 Å². The molecule has 0 aliphatic carbocycles. The highest BCUT2D eigenvalue weighted by molar-refractivity contribution is 5.77. The quantitative estimate of drug-likeness (QED) is 0.912. The van der Waals surface area contributed by atoms with Crippen molar-refractivity contribution in [1.82, 2.24) is 5.16 Å². The number of benzene rings is 1. The molecule has 0 aliphatic rings. The van der Waals surface area contributed by atoms with E-state index in [0.29, 0.717) is 22.9 Å². The Kier molecular flexibility index (Phi) is 3.50. The first-order chi connectivity index (χ1) is 9.13. The molecule has 0 aliphatic heterocycles. The third-order valence-corrected chi connectivity index (χ3v) is 2.92. The van der Waals surface area contributed by atoms with Crippen LogP contribution in [0.15, 0.2) is 16.7 Å². The first-order valence-electron chi connectivity index (χ1n) is 5.65. The summed E-state index contributed by atoms with van der Waals surface area (Å²) in [5, 5.41) is 3.95. The summed E-state index contributed by atoms with van der Waals surface area (Å²) in [6.07, 6.45) is 0. The molecule has 0 fully saturated rings. The summed E-state index contributed by atoms with van der Waals surface area (Å²) < 4.78 is 20.9. The van der Waals surface area contributed by atoms with Gasteiger partial charge < -0.3 is 24.5 Å². The maximum atomic E-state index is 5.67. The molecular weight excluding hydrogens is 248 g/mol. The molecule has 2 aromatic rings. The minimum atomic E-state index is 0.284. The lowest BCUT2D eigenvalue weighted by molar-refractivity contribution is 0.325. The van der Waals surface area contributed by atoms with Crippen LogP contribution in [0.3, 0.4) is 0 Å². The van der Waals surface area contributed by atoms with Crippen LogP contribution in [-0.2, 0) is 0 Å². The Morgan fingerprint density at radius 1 is 1.05 bits per heavy atom. The molecule has 1 aromatic carbocycles. The van der Waals surface area contributed by atoms with Crippen LogP contribution >= 0.6 is 0 Å². The maximum absolute atomic E-state index is 5.67. The zero-order valence-electron chi connectivity index (χ0n) is 11.3. The molecule has 102 valence electrons. The van der Waals surface area contributed by atoms with Gasteiger partial charge in [0.05, 0.1) is 26.9 Å². The molecule has 1 aromatic heterocycles. The van der Waals surface area contributed by atoms with Crippen molar-refractivity contribution in [2.45, 2.75) is 6.92 Å². The Morgan fingerprint density at radius 3 is 2.21 bits per heavy atom. The van der Waals surface area contributed by atoms with E-state index in [2.05, 4.69) is 5.16 Å². The van der Waals surface area contributed by atoms with Crippen LogP contribution in [0, 0.1) is 6.92 Å². The highest BCUT2D eigenvalue weighted by Gasteiger charge is 2.21. The van der Waals surface area contributed by atoms with Gasteiger partial charge in [0.15, 0.2) is 11.5 Å². The lowest BCUT2D eigenvalue weighted by atomic mass is 10.1. The van der Waals surface area contributed by atoms with Crippen LogP contribution in [0.4, 0.5) is 5.88 Å². The van der Waals surface area contributed by atoms with Gasteiger partial charge in [-0.2, -0.15) is 0 Å². The fourth-order valence-electron chi connectivity index (χ4n) is 1.89. The van der Waals surface area contributed by atoms with Crippen molar-refractivity contribution in [3.8, 4) is 28.5 Å². The average molecular weight is 264 g/mol. The number of hydrogen-bond donors (Lipinski definition) is 1. The molecule has 0 amide bonds. The molecule has 0 atom stereocenters. The molecule has 0 saturated carbocycles. The number of rotatable bonds is 4. The standard InChI is InChI=1S/C13H16N2O4/c1-7-10(15-19-13(7)14)8-5-6-9(16-2)12(18-4)11(8)17-3/h5-6H,14H2,1-4H3. The van der Waals surface area contributed by atoms with Gasteiger partial charge >= 0.3 is 0 Å². The average Bonchev–Trinajstić information content (AvgIpc) is 2.77. The number of ether oxygens (including phenoxy) is 3. The highest BCUT2D eigenvalue weighted by Crippen LogP contribution is 2.45. The summed E-state index contributed by atoms with van der Waals surface area (Å²) in [7, 11) is 4.67. The lowest BCUT2D eigenvalue weighted by Gasteiger charge is -2.14. The van der Waals surface area contributed by atoms with Crippen LogP contribution in [0.5, 0.6) is 17.2 Å². The minimum Gasteiger partial charge on any atom is -0.493 e. The zero-order valence-corrected chi connectivity index (χ0v) is 11.3. The first-order valence-corrected chi connectivity index (χ1v) is 5.65. The number of methoxy groups -OCH3 is 3. The summed E-state index contributed by atoms with van der Waals surface area (Å²) in [5.74, 6) is 1.89. The Bertz CT molecular complexity index is 593. The normalized spacial score (nSPS) is 10.3. The molecular formula is C13H16N2O4. The number of nitrogens with zero attached hydrogens (tertiary/aromatic N) is 1. The van der Waals surface area contributed by atoms with Crippen molar-refractivity contribution in [3.05, 3.63) is 17.7 Å². The molecule has 0 unspecified atom stereocenters. The van der Waals surface area contributed by atoms with E-state index in [1.54, 1.807) is 27.4 Å². The number of nitrogens with two attached hydrogens (primary N) is 1. The maximum Gasteiger partial charge on any atom is 0.225 e. The van der Waals surface area contributed by atoms with Gasteiger partial charge in [0, 0.05) is 5.56 Å². The smallest absolute Gasteiger partial charge is 0.225 e. The van der Waals surface area contributed by atoms with Crippen molar-refractivity contribution in [2.75, 3.05) is 27.1 Å². The van der Waals surface area contributed by atoms with Crippen molar-refractivity contribution < 1.29 is 18.7 Å². The van der Waals surface area contributed by atoms with E-state index < -0.39 is 0 Å². The highest BCUT2D eigenvalue weighted by atomic mass is 16.5. The van der Waals surface area contributed by atoms with Crippen LogP contribution in [0.2, 0.25) is 0 Å². The fourth-order valence-corrected chi connectivity index (χ4v) is 1.89. The first kappa shape index (κ1) is 13.1. The van der Waals surface area contributed by atoms with E-state index in [1.807, 2.05) is 13.0 Å². The molecule has 2 N–H and O–H groups in total. The summed E-state index contributed by atoms with van der Waals surface area (Å²) in [6.45, 7) is 1.83. The molecule has 19 heavy (non-hydrogen) atoms. The van der Waals surface area contributed by atoms with E-state index in [0.717, 1.165) is 11.1 Å². The van der Waals surface area contributed by atoms with E-state index in [4.69, 9.17) is 24.5 Å². The number of nitrogen functional groups attached to an aromatic ring is 1. The van der Waals surface area contributed by atoms with Gasteiger partial charge in [0.2, 0.25) is 11.6 Å².